The van der Waals surface area contributed by atoms with Crippen LogP contribution in [0.4, 0.5) is 4.39 Å². The minimum absolute atomic E-state index is 0.0262. The molecule has 0 aromatic heterocycles. The van der Waals surface area contributed by atoms with Gasteiger partial charge in [0, 0.05) is 50.9 Å². The molecule has 27 heavy (non-hydrogen) atoms. The minimum atomic E-state index is -0.301. The van der Waals surface area contributed by atoms with Crippen LogP contribution < -0.4 is 0 Å². The second kappa shape index (κ2) is 8.77. The van der Waals surface area contributed by atoms with E-state index < -0.39 is 0 Å². The van der Waals surface area contributed by atoms with Gasteiger partial charge in [0.2, 0.25) is 5.91 Å². The molecule has 0 radical (unpaired) electrons. The van der Waals surface area contributed by atoms with Gasteiger partial charge in [0.1, 0.15) is 5.82 Å². The predicted molar refractivity (Wildman–Crippen MR) is 102 cm³/mol. The third-order valence-corrected chi connectivity index (χ3v) is 4.83. The number of nitrogens with zero attached hydrogens (tertiary/aromatic N) is 3. The molecule has 0 N–H and O–H groups in total. The van der Waals surface area contributed by atoms with E-state index in [1.807, 2.05) is 40.1 Å². The highest BCUT2D eigenvalue weighted by Crippen LogP contribution is 2.11. The number of hydrogen-bond donors (Lipinski definition) is 0. The summed E-state index contributed by atoms with van der Waals surface area (Å²) in [5.41, 5.74) is 1.19. The number of likely N-dealkylation sites (N-methyl/N-ethyl adjacent to an activating group) is 1. The molecule has 1 aliphatic heterocycles. The number of amides is 2. The Hall–Kier alpha value is -2.73. The second-order valence-corrected chi connectivity index (χ2v) is 6.78. The molecule has 1 fully saturated rings. The first-order valence-electron chi connectivity index (χ1n) is 9.08. The third-order valence-electron chi connectivity index (χ3n) is 4.83. The van der Waals surface area contributed by atoms with Crippen molar-refractivity contribution < 1.29 is 14.0 Å². The van der Waals surface area contributed by atoms with E-state index in [0.717, 1.165) is 0 Å². The van der Waals surface area contributed by atoms with E-state index >= 15 is 0 Å². The highest BCUT2D eigenvalue weighted by molar-refractivity contribution is 5.94. The SMILES string of the molecule is CN(Cc1ccccc1F)C(=O)CN1CCN(C(=O)c2ccccc2)CC1. The first-order chi connectivity index (χ1) is 13.0. The molecular formula is C21H24FN3O2. The van der Waals surface area contributed by atoms with Crippen molar-refractivity contribution in [2.75, 3.05) is 39.8 Å². The zero-order valence-corrected chi connectivity index (χ0v) is 15.5. The number of hydrogen-bond acceptors (Lipinski definition) is 3. The fourth-order valence-corrected chi connectivity index (χ4v) is 3.15. The van der Waals surface area contributed by atoms with Gasteiger partial charge in [-0.1, -0.05) is 36.4 Å². The lowest BCUT2D eigenvalue weighted by molar-refractivity contribution is -0.132. The van der Waals surface area contributed by atoms with E-state index in [1.165, 1.54) is 6.07 Å². The summed E-state index contributed by atoms with van der Waals surface area (Å²) in [4.78, 5) is 30.3. The van der Waals surface area contributed by atoms with Crippen LogP contribution in [0.5, 0.6) is 0 Å². The van der Waals surface area contributed by atoms with Crippen molar-refractivity contribution in [2.24, 2.45) is 0 Å². The molecule has 0 unspecified atom stereocenters. The maximum absolute atomic E-state index is 13.7. The minimum Gasteiger partial charge on any atom is -0.340 e. The zero-order chi connectivity index (χ0) is 19.2. The molecule has 2 amide bonds. The highest BCUT2D eigenvalue weighted by Gasteiger charge is 2.24. The van der Waals surface area contributed by atoms with E-state index in [-0.39, 0.29) is 30.7 Å². The molecule has 2 aromatic rings. The van der Waals surface area contributed by atoms with Crippen LogP contribution in [0.1, 0.15) is 15.9 Å². The summed E-state index contributed by atoms with van der Waals surface area (Å²) in [5.74, 6) is -0.329. The van der Waals surface area contributed by atoms with Gasteiger partial charge in [-0.2, -0.15) is 0 Å². The number of benzene rings is 2. The van der Waals surface area contributed by atoms with E-state index in [9.17, 15) is 14.0 Å². The average molecular weight is 369 g/mol. The van der Waals surface area contributed by atoms with Crippen LogP contribution in [0, 0.1) is 5.82 Å². The predicted octanol–water partition coefficient (Wildman–Crippen LogP) is 2.24. The smallest absolute Gasteiger partial charge is 0.253 e. The molecule has 2 aromatic carbocycles. The van der Waals surface area contributed by atoms with Gasteiger partial charge in [0.25, 0.3) is 5.91 Å². The van der Waals surface area contributed by atoms with Gasteiger partial charge in [0.05, 0.1) is 6.54 Å². The molecule has 0 bridgehead atoms. The normalized spacial score (nSPS) is 14.8. The van der Waals surface area contributed by atoms with Crippen LogP contribution in [-0.4, -0.2) is 66.3 Å². The van der Waals surface area contributed by atoms with Gasteiger partial charge in [0.15, 0.2) is 0 Å². The Kier molecular flexibility index (Phi) is 6.19. The van der Waals surface area contributed by atoms with E-state index in [4.69, 9.17) is 0 Å². The number of halogens is 1. The first-order valence-corrected chi connectivity index (χ1v) is 9.08. The molecule has 1 saturated heterocycles. The van der Waals surface area contributed by atoms with Gasteiger partial charge < -0.3 is 9.80 Å². The first kappa shape index (κ1) is 19.0. The summed E-state index contributed by atoms with van der Waals surface area (Å²) in [5, 5.41) is 0. The van der Waals surface area contributed by atoms with Crippen LogP contribution in [0.3, 0.4) is 0 Å². The van der Waals surface area contributed by atoms with Gasteiger partial charge in [-0.3, -0.25) is 14.5 Å². The lowest BCUT2D eigenvalue weighted by atomic mass is 10.2. The van der Waals surface area contributed by atoms with Gasteiger partial charge in [-0.25, -0.2) is 4.39 Å². The number of piperazine rings is 1. The monoisotopic (exact) mass is 369 g/mol. The van der Waals surface area contributed by atoms with Crippen molar-refractivity contribution in [3.8, 4) is 0 Å². The second-order valence-electron chi connectivity index (χ2n) is 6.78. The zero-order valence-electron chi connectivity index (χ0n) is 15.5. The van der Waals surface area contributed by atoms with Crippen molar-refractivity contribution in [2.45, 2.75) is 6.54 Å². The van der Waals surface area contributed by atoms with E-state index in [1.54, 1.807) is 30.1 Å². The lowest BCUT2D eigenvalue weighted by Gasteiger charge is -2.35. The summed E-state index contributed by atoms with van der Waals surface area (Å²) < 4.78 is 13.7. The molecule has 0 spiro atoms. The van der Waals surface area contributed by atoms with Crippen molar-refractivity contribution >= 4 is 11.8 Å². The van der Waals surface area contributed by atoms with Gasteiger partial charge >= 0.3 is 0 Å². The maximum Gasteiger partial charge on any atom is 0.253 e. The molecular weight excluding hydrogens is 345 g/mol. The summed E-state index contributed by atoms with van der Waals surface area (Å²) in [7, 11) is 1.68. The maximum atomic E-state index is 13.7. The Bertz CT molecular complexity index is 789. The number of carbonyl (C=O) groups excluding carboxylic acids is 2. The van der Waals surface area contributed by atoms with Crippen LogP contribution in [-0.2, 0) is 11.3 Å². The topological polar surface area (TPSA) is 43.9 Å². The molecule has 0 atom stereocenters. The molecule has 6 heteroatoms. The van der Waals surface area contributed by atoms with Gasteiger partial charge in [-0.15, -0.1) is 0 Å². The molecule has 142 valence electrons. The molecule has 1 heterocycles. The van der Waals surface area contributed by atoms with Crippen molar-refractivity contribution in [3.63, 3.8) is 0 Å². The van der Waals surface area contributed by atoms with Crippen molar-refractivity contribution in [1.82, 2.24) is 14.7 Å². The highest BCUT2D eigenvalue weighted by atomic mass is 19.1. The van der Waals surface area contributed by atoms with Crippen molar-refractivity contribution in [1.29, 1.82) is 0 Å². The molecule has 0 saturated carbocycles. The standard InChI is InChI=1S/C21H24FN3O2/c1-23(15-18-9-5-6-10-19(18)22)20(26)16-24-11-13-25(14-12-24)21(27)17-7-3-2-4-8-17/h2-10H,11-16H2,1H3. The molecule has 3 rings (SSSR count). The summed E-state index contributed by atoms with van der Waals surface area (Å²) >= 11 is 0. The Labute approximate surface area is 159 Å². The quantitative estimate of drug-likeness (QED) is 0.812. The van der Waals surface area contributed by atoms with Crippen LogP contribution in [0.15, 0.2) is 54.6 Å². The molecule has 5 nitrogen and oxygen atoms in total. The van der Waals surface area contributed by atoms with E-state index in [2.05, 4.69) is 0 Å². The molecule has 1 aliphatic rings. The Morgan fingerprint density at radius 1 is 0.963 bits per heavy atom. The summed E-state index contributed by atoms with van der Waals surface area (Å²) in [6, 6.07) is 15.7. The van der Waals surface area contributed by atoms with Gasteiger partial charge in [-0.05, 0) is 18.2 Å². The number of rotatable bonds is 5. The average Bonchev–Trinajstić information content (AvgIpc) is 2.70. The third kappa shape index (κ3) is 4.92. The lowest BCUT2D eigenvalue weighted by Crippen LogP contribution is -2.51. The Morgan fingerprint density at radius 2 is 1.59 bits per heavy atom. The largest absolute Gasteiger partial charge is 0.340 e. The fraction of sp³-hybridized carbons (Fsp3) is 0.333. The van der Waals surface area contributed by atoms with Crippen LogP contribution in [0.2, 0.25) is 0 Å². The number of carbonyl (C=O) groups is 2. The van der Waals surface area contributed by atoms with Crippen molar-refractivity contribution in [3.05, 3.63) is 71.5 Å². The van der Waals surface area contributed by atoms with Crippen LogP contribution >= 0.6 is 0 Å². The molecule has 0 aliphatic carbocycles. The summed E-state index contributed by atoms with van der Waals surface area (Å²) in [6.07, 6.45) is 0. The Morgan fingerprint density at radius 3 is 2.26 bits per heavy atom. The fourth-order valence-electron chi connectivity index (χ4n) is 3.15. The Balaban J connectivity index is 1.48. The van der Waals surface area contributed by atoms with Crippen LogP contribution in [0.25, 0.3) is 0 Å². The van der Waals surface area contributed by atoms with E-state index in [0.29, 0.717) is 37.3 Å². The summed E-state index contributed by atoms with van der Waals surface area (Å²) in [6.45, 7) is 3.02.